The van der Waals surface area contributed by atoms with Gasteiger partial charge in [-0.15, -0.1) is 5.10 Å². The molecule has 1 aliphatic rings. The highest BCUT2D eigenvalue weighted by atomic mass is 32.2. The van der Waals surface area contributed by atoms with Crippen LogP contribution in [0.2, 0.25) is 0 Å². The second-order valence-corrected chi connectivity index (χ2v) is 11.5. The summed E-state index contributed by atoms with van der Waals surface area (Å²) in [6.07, 6.45) is 1.73. The third kappa shape index (κ3) is 6.10. The Balaban J connectivity index is 1.41. The molecule has 1 aromatic heterocycles. The lowest BCUT2D eigenvalue weighted by Crippen LogP contribution is -2.36. The standard InChI is InChI=1S/C30H32N4O6S/c1-20-10-11-23(26(17-28(35)38-4)25-12-13-27-30(21(25)2)31-32-33(27)3)16-24(20)18-34-15-14-29(40-41(34,36)37)39-19-22-8-6-5-7-9-22/h5-14,16,26H,15,17-19H2,1-4H3. The molecule has 1 atom stereocenters. The predicted octanol–water partition coefficient (Wildman–Crippen LogP) is 4.42. The van der Waals surface area contributed by atoms with E-state index in [-0.39, 0.29) is 43.9 Å². The molecule has 214 valence electrons. The average Bonchev–Trinajstić information content (AvgIpc) is 3.35. The van der Waals surface area contributed by atoms with Crippen molar-refractivity contribution in [3.05, 3.63) is 106 Å². The van der Waals surface area contributed by atoms with E-state index in [1.807, 2.05) is 81.6 Å². The fourth-order valence-corrected chi connectivity index (χ4v) is 5.95. The molecule has 5 rings (SSSR count). The van der Waals surface area contributed by atoms with Crippen molar-refractivity contribution >= 4 is 27.3 Å². The van der Waals surface area contributed by atoms with E-state index in [9.17, 15) is 13.2 Å². The lowest BCUT2D eigenvalue weighted by atomic mass is 9.84. The SMILES string of the molecule is COC(=O)CC(c1ccc(C)c(CN2CC=C(OCc3ccccc3)OS2(=O)=O)c1)c1ccc2c(nnn2C)c1C. The highest BCUT2D eigenvalue weighted by molar-refractivity contribution is 7.84. The Hall–Kier alpha value is -4.22. The molecule has 0 amide bonds. The zero-order chi connectivity index (χ0) is 29.1. The monoisotopic (exact) mass is 576 g/mol. The molecule has 11 heteroatoms. The summed E-state index contributed by atoms with van der Waals surface area (Å²) in [4.78, 5) is 12.5. The normalized spacial score (nSPS) is 15.7. The number of fused-ring (bicyclic) bond motifs is 1. The summed E-state index contributed by atoms with van der Waals surface area (Å²) in [5, 5.41) is 8.44. The first-order valence-electron chi connectivity index (χ1n) is 13.2. The number of hydrogen-bond donors (Lipinski definition) is 0. The van der Waals surface area contributed by atoms with E-state index in [0.29, 0.717) is 0 Å². The summed E-state index contributed by atoms with van der Waals surface area (Å²) in [7, 11) is -0.882. The first-order chi connectivity index (χ1) is 19.7. The first kappa shape index (κ1) is 28.3. The van der Waals surface area contributed by atoms with E-state index in [0.717, 1.165) is 44.4 Å². The Labute approximate surface area is 239 Å². The highest BCUT2D eigenvalue weighted by Gasteiger charge is 2.31. The van der Waals surface area contributed by atoms with Gasteiger partial charge in [0.1, 0.15) is 12.1 Å². The molecule has 10 nitrogen and oxygen atoms in total. The van der Waals surface area contributed by atoms with Crippen molar-refractivity contribution in [2.24, 2.45) is 7.05 Å². The average molecular weight is 577 g/mol. The maximum absolute atomic E-state index is 13.0. The Kier molecular flexibility index (Phi) is 8.09. The number of methoxy groups -OCH3 is 1. The van der Waals surface area contributed by atoms with Crippen LogP contribution >= 0.6 is 0 Å². The number of rotatable bonds is 9. The quantitative estimate of drug-likeness (QED) is 0.269. The van der Waals surface area contributed by atoms with Gasteiger partial charge in [-0.1, -0.05) is 59.8 Å². The Bertz CT molecular complexity index is 1720. The summed E-state index contributed by atoms with van der Waals surface area (Å²) >= 11 is 0. The summed E-state index contributed by atoms with van der Waals surface area (Å²) in [5.74, 6) is -0.722. The van der Waals surface area contributed by atoms with Crippen LogP contribution in [0.5, 0.6) is 0 Å². The zero-order valence-corrected chi connectivity index (χ0v) is 24.2. The Morgan fingerprint density at radius 3 is 2.61 bits per heavy atom. The van der Waals surface area contributed by atoms with Crippen molar-refractivity contribution in [3.8, 4) is 0 Å². The van der Waals surface area contributed by atoms with Crippen LogP contribution in [0.15, 0.2) is 72.7 Å². The van der Waals surface area contributed by atoms with Gasteiger partial charge >= 0.3 is 16.3 Å². The minimum atomic E-state index is -4.08. The molecule has 3 aromatic carbocycles. The van der Waals surface area contributed by atoms with E-state index in [1.165, 1.54) is 11.4 Å². The molecule has 2 heterocycles. The number of ether oxygens (including phenoxy) is 2. The van der Waals surface area contributed by atoms with Crippen LogP contribution in [0.1, 0.15) is 45.7 Å². The minimum Gasteiger partial charge on any atom is -0.469 e. The summed E-state index contributed by atoms with van der Waals surface area (Å²) in [5.41, 5.74) is 6.98. The topological polar surface area (TPSA) is 113 Å². The minimum absolute atomic E-state index is 0.0383. The van der Waals surface area contributed by atoms with E-state index >= 15 is 0 Å². The molecule has 0 spiro atoms. The fourth-order valence-electron chi connectivity index (χ4n) is 4.97. The number of esters is 1. The number of nitrogens with zero attached hydrogens (tertiary/aromatic N) is 4. The molecule has 0 aliphatic carbocycles. The fraction of sp³-hybridized carbons (Fsp3) is 0.300. The molecule has 0 saturated heterocycles. The van der Waals surface area contributed by atoms with Gasteiger partial charge < -0.3 is 13.7 Å². The van der Waals surface area contributed by atoms with Crippen LogP contribution in [0.25, 0.3) is 11.0 Å². The third-order valence-corrected chi connectivity index (χ3v) is 8.65. The van der Waals surface area contributed by atoms with E-state index in [2.05, 4.69) is 10.3 Å². The van der Waals surface area contributed by atoms with Gasteiger partial charge in [-0.25, -0.2) is 4.68 Å². The highest BCUT2D eigenvalue weighted by Crippen LogP contribution is 2.35. The van der Waals surface area contributed by atoms with Gasteiger partial charge in [-0.3, -0.25) is 4.79 Å². The zero-order valence-electron chi connectivity index (χ0n) is 23.4. The second kappa shape index (κ2) is 11.7. The summed E-state index contributed by atoms with van der Waals surface area (Å²) in [6.45, 7) is 4.28. The molecule has 0 fully saturated rings. The van der Waals surface area contributed by atoms with E-state index in [1.54, 1.807) is 10.8 Å². The molecular formula is C30H32N4O6S. The lowest BCUT2D eigenvalue weighted by molar-refractivity contribution is -0.140. The van der Waals surface area contributed by atoms with Crippen molar-refractivity contribution in [3.63, 3.8) is 0 Å². The molecule has 0 radical (unpaired) electrons. The maximum Gasteiger partial charge on any atom is 0.388 e. The Morgan fingerprint density at radius 1 is 1.10 bits per heavy atom. The van der Waals surface area contributed by atoms with Crippen LogP contribution in [0.3, 0.4) is 0 Å². The van der Waals surface area contributed by atoms with Crippen molar-refractivity contribution < 1.29 is 26.9 Å². The van der Waals surface area contributed by atoms with Gasteiger partial charge in [0.25, 0.3) is 5.95 Å². The second-order valence-electron chi connectivity index (χ2n) is 10.0. The molecule has 0 bridgehead atoms. The maximum atomic E-state index is 13.0. The third-order valence-electron chi connectivity index (χ3n) is 7.36. The number of benzene rings is 3. The van der Waals surface area contributed by atoms with E-state index < -0.39 is 10.3 Å². The Morgan fingerprint density at radius 2 is 1.88 bits per heavy atom. The van der Waals surface area contributed by atoms with Gasteiger partial charge in [0, 0.05) is 32.1 Å². The van der Waals surface area contributed by atoms with Crippen molar-refractivity contribution in [2.75, 3.05) is 13.7 Å². The molecular weight excluding hydrogens is 544 g/mol. The molecule has 1 unspecified atom stereocenters. The van der Waals surface area contributed by atoms with Crippen LogP contribution in [-0.2, 0) is 49.0 Å². The smallest absolute Gasteiger partial charge is 0.388 e. The number of carbonyl (C=O) groups is 1. The van der Waals surface area contributed by atoms with Gasteiger partial charge in [0.2, 0.25) is 0 Å². The number of hydrogen-bond acceptors (Lipinski definition) is 8. The van der Waals surface area contributed by atoms with Crippen molar-refractivity contribution in [2.45, 2.75) is 39.3 Å². The molecule has 0 N–H and O–H groups in total. The number of carbonyl (C=O) groups excluding carboxylic acids is 1. The first-order valence-corrected chi connectivity index (χ1v) is 14.5. The van der Waals surface area contributed by atoms with Crippen LogP contribution < -0.4 is 0 Å². The lowest BCUT2D eigenvalue weighted by Gasteiger charge is -2.26. The van der Waals surface area contributed by atoms with Crippen molar-refractivity contribution in [1.82, 2.24) is 19.3 Å². The van der Waals surface area contributed by atoms with Gasteiger partial charge in [0.05, 0.1) is 19.0 Å². The van der Waals surface area contributed by atoms with Gasteiger partial charge in [-0.05, 0) is 53.3 Å². The summed E-state index contributed by atoms with van der Waals surface area (Å²) in [6, 6.07) is 19.2. The van der Waals surface area contributed by atoms with E-state index in [4.69, 9.17) is 13.7 Å². The van der Waals surface area contributed by atoms with Gasteiger partial charge in [-0.2, -0.15) is 12.7 Å². The molecule has 41 heavy (non-hydrogen) atoms. The molecule has 4 aromatic rings. The predicted molar refractivity (Wildman–Crippen MR) is 153 cm³/mol. The van der Waals surface area contributed by atoms with Crippen molar-refractivity contribution in [1.29, 1.82) is 0 Å². The molecule has 1 aliphatic heterocycles. The van der Waals surface area contributed by atoms with Crippen LogP contribution in [0, 0.1) is 13.8 Å². The summed E-state index contributed by atoms with van der Waals surface area (Å²) < 4.78 is 44.9. The molecule has 0 saturated carbocycles. The van der Waals surface area contributed by atoms with Crippen LogP contribution in [0.4, 0.5) is 0 Å². The largest absolute Gasteiger partial charge is 0.469 e. The number of aryl methyl sites for hydroxylation is 3. The number of aromatic nitrogens is 3. The van der Waals surface area contributed by atoms with Gasteiger partial charge in [0.15, 0.2) is 0 Å². The van der Waals surface area contributed by atoms with Crippen LogP contribution in [-0.4, -0.2) is 47.3 Å².